The third-order valence-corrected chi connectivity index (χ3v) is 4.84. The van der Waals surface area contributed by atoms with E-state index < -0.39 is 29.7 Å². The summed E-state index contributed by atoms with van der Waals surface area (Å²) in [5.74, 6) is -3.60. The van der Waals surface area contributed by atoms with Gasteiger partial charge in [-0.05, 0) is 64.1 Å². The topological polar surface area (TPSA) is 122 Å². The number of rotatable bonds is 11. The van der Waals surface area contributed by atoms with E-state index in [0.717, 1.165) is 6.08 Å². The molecular weight excluding hydrogens is 516 g/mol. The highest BCUT2D eigenvalue weighted by atomic mass is 16.6. The highest BCUT2D eigenvalue weighted by Crippen LogP contribution is 2.30. The van der Waals surface area contributed by atoms with Gasteiger partial charge in [0, 0.05) is 40.0 Å². The largest absolute Gasteiger partial charge is 0.423 e. The molecule has 0 amide bonds. The van der Waals surface area contributed by atoms with Crippen LogP contribution in [0.15, 0.2) is 91.1 Å². The first kappa shape index (κ1) is 30.9. The van der Waals surface area contributed by atoms with Gasteiger partial charge in [0.25, 0.3) is 0 Å². The zero-order valence-corrected chi connectivity index (χ0v) is 22.6. The van der Waals surface area contributed by atoms with Gasteiger partial charge >= 0.3 is 23.9 Å². The summed E-state index contributed by atoms with van der Waals surface area (Å²) in [5, 5.41) is 0. The van der Waals surface area contributed by atoms with E-state index in [2.05, 4.69) is 26.3 Å². The molecule has 0 radical (unpaired) electrons. The molecular formula is C31H28O9. The molecule has 0 heterocycles. The summed E-state index contributed by atoms with van der Waals surface area (Å²) in [6.07, 6.45) is 2.51. The summed E-state index contributed by atoms with van der Waals surface area (Å²) in [6, 6.07) is 8.09. The van der Waals surface area contributed by atoms with Crippen LogP contribution in [-0.2, 0) is 19.2 Å². The zero-order valence-electron chi connectivity index (χ0n) is 22.6. The van der Waals surface area contributed by atoms with Crippen molar-refractivity contribution < 1.29 is 42.9 Å². The lowest BCUT2D eigenvalue weighted by Crippen LogP contribution is -2.13. The third kappa shape index (κ3) is 8.63. The third-order valence-electron chi connectivity index (χ3n) is 4.84. The number of hydrogen-bond acceptors (Lipinski definition) is 9. The highest BCUT2D eigenvalue weighted by molar-refractivity contribution is 6.09. The van der Waals surface area contributed by atoms with Crippen LogP contribution in [0.3, 0.4) is 0 Å². The number of carbonyl (C=O) groups is 5. The zero-order chi connectivity index (χ0) is 30.1. The van der Waals surface area contributed by atoms with E-state index in [4.69, 9.17) is 18.9 Å². The van der Waals surface area contributed by atoms with Crippen molar-refractivity contribution in [2.24, 2.45) is 0 Å². The van der Waals surface area contributed by atoms with Crippen LogP contribution in [0.2, 0.25) is 0 Å². The number of carbonyl (C=O) groups excluding carboxylic acids is 5. The molecule has 9 nitrogen and oxygen atoms in total. The SMILES string of the molecule is C=C(C)C(=O)Oc1ccc(C=CC(=O)c2ccc(OC(=O)C(=C)C)cc2OC(=O)C(=C)C)c(OC(=O)C(=C)C)c1. The van der Waals surface area contributed by atoms with Crippen LogP contribution in [0.5, 0.6) is 23.0 Å². The number of benzene rings is 2. The Morgan fingerprint density at radius 2 is 0.975 bits per heavy atom. The Morgan fingerprint density at radius 1 is 0.575 bits per heavy atom. The average molecular weight is 545 g/mol. The molecule has 0 N–H and O–H groups in total. The van der Waals surface area contributed by atoms with Crippen LogP contribution in [0.1, 0.15) is 43.6 Å². The Balaban J connectivity index is 2.47. The van der Waals surface area contributed by atoms with E-state index in [9.17, 15) is 24.0 Å². The van der Waals surface area contributed by atoms with E-state index in [0.29, 0.717) is 0 Å². The maximum Gasteiger partial charge on any atom is 0.338 e. The van der Waals surface area contributed by atoms with Crippen LogP contribution in [0, 0.1) is 0 Å². The number of esters is 4. The first-order valence-electron chi connectivity index (χ1n) is 11.7. The van der Waals surface area contributed by atoms with Crippen LogP contribution in [0.4, 0.5) is 0 Å². The second-order valence-corrected chi connectivity index (χ2v) is 8.73. The predicted molar refractivity (Wildman–Crippen MR) is 148 cm³/mol. The quantitative estimate of drug-likeness (QED) is 0.156. The van der Waals surface area contributed by atoms with Gasteiger partial charge in [0.2, 0.25) is 0 Å². The van der Waals surface area contributed by atoms with E-state index in [1.807, 2.05) is 0 Å². The van der Waals surface area contributed by atoms with Crippen molar-refractivity contribution in [1.29, 1.82) is 0 Å². The molecule has 206 valence electrons. The summed E-state index contributed by atoms with van der Waals surface area (Å²) in [4.78, 5) is 61.3. The monoisotopic (exact) mass is 544 g/mol. The van der Waals surface area contributed by atoms with E-state index in [-0.39, 0.29) is 56.4 Å². The molecule has 0 unspecified atom stereocenters. The first-order valence-corrected chi connectivity index (χ1v) is 11.7. The second-order valence-electron chi connectivity index (χ2n) is 8.73. The van der Waals surface area contributed by atoms with E-state index >= 15 is 0 Å². The van der Waals surface area contributed by atoms with Gasteiger partial charge < -0.3 is 18.9 Å². The number of hydrogen-bond donors (Lipinski definition) is 0. The molecule has 0 bridgehead atoms. The Labute approximate surface area is 231 Å². The minimum Gasteiger partial charge on any atom is -0.423 e. The summed E-state index contributed by atoms with van der Waals surface area (Å²) in [7, 11) is 0. The molecule has 2 aromatic carbocycles. The Bertz CT molecular complexity index is 1490. The number of ketones is 1. The number of ether oxygens (including phenoxy) is 4. The van der Waals surface area contributed by atoms with Crippen molar-refractivity contribution in [3.05, 3.63) is 102 Å². The van der Waals surface area contributed by atoms with Crippen LogP contribution < -0.4 is 18.9 Å². The molecule has 0 fully saturated rings. The van der Waals surface area contributed by atoms with Gasteiger partial charge in [-0.2, -0.15) is 0 Å². The second kappa shape index (κ2) is 13.5. The summed E-state index contributed by atoms with van der Waals surface area (Å²) in [6.45, 7) is 19.9. The van der Waals surface area contributed by atoms with Gasteiger partial charge in [-0.25, -0.2) is 19.2 Å². The van der Waals surface area contributed by atoms with E-state index in [1.54, 1.807) is 0 Å². The average Bonchev–Trinajstić information content (AvgIpc) is 2.87. The van der Waals surface area contributed by atoms with Crippen molar-refractivity contribution in [2.45, 2.75) is 27.7 Å². The van der Waals surface area contributed by atoms with Crippen LogP contribution in [0.25, 0.3) is 6.08 Å². The smallest absolute Gasteiger partial charge is 0.338 e. The van der Waals surface area contributed by atoms with Crippen LogP contribution in [-0.4, -0.2) is 29.7 Å². The van der Waals surface area contributed by atoms with E-state index in [1.165, 1.54) is 70.2 Å². The molecule has 40 heavy (non-hydrogen) atoms. The lowest BCUT2D eigenvalue weighted by Gasteiger charge is -2.12. The fraction of sp³-hybridized carbons (Fsp3) is 0.129. The molecule has 9 heteroatoms. The molecule has 0 aliphatic rings. The van der Waals surface area contributed by atoms with Crippen molar-refractivity contribution >= 4 is 35.7 Å². The molecule has 2 aromatic rings. The lowest BCUT2D eigenvalue weighted by atomic mass is 10.1. The maximum absolute atomic E-state index is 13.1. The van der Waals surface area contributed by atoms with Crippen LogP contribution >= 0.6 is 0 Å². The molecule has 0 aromatic heterocycles. The molecule has 0 aliphatic carbocycles. The van der Waals surface area contributed by atoms with Gasteiger partial charge in [-0.3, -0.25) is 4.79 Å². The van der Waals surface area contributed by atoms with Gasteiger partial charge in [0.1, 0.15) is 23.0 Å². The molecule has 2 rings (SSSR count). The molecule has 0 spiro atoms. The predicted octanol–water partition coefficient (Wildman–Crippen LogP) is 5.51. The van der Waals surface area contributed by atoms with Crippen molar-refractivity contribution in [2.75, 3.05) is 0 Å². The molecule has 0 saturated heterocycles. The van der Waals surface area contributed by atoms with Gasteiger partial charge in [0.15, 0.2) is 5.78 Å². The minimum atomic E-state index is -0.796. The molecule has 0 atom stereocenters. The maximum atomic E-state index is 13.1. The standard InChI is InChI=1S/C31H28O9/c1-17(2)28(33)37-22-11-9-21(26(15-22)39-30(35)19(5)6)10-14-25(32)24-13-12-23(38-29(34)18(3)4)16-27(24)40-31(36)20(7)8/h9-16H,1,3,5,7H2,2,4,6,8H3. The summed E-state index contributed by atoms with van der Waals surface area (Å²) < 4.78 is 21.0. The van der Waals surface area contributed by atoms with Gasteiger partial charge in [0.05, 0.1) is 5.56 Å². The summed E-state index contributed by atoms with van der Waals surface area (Å²) in [5.41, 5.74) is 0.756. The highest BCUT2D eigenvalue weighted by Gasteiger charge is 2.18. The molecule has 0 saturated carbocycles. The minimum absolute atomic E-state index is 0.0138. The van der Waals surface area contributed by atoms with Crippen molar-refractivity contribution in [1.82, 2.24) is 0 Å². The number of allylic oxidation sites excluding steroid dienone is 1. The Kier molecular flexibility index (Phi) is 10.4. The first-order chi connectivity index (χ1) is 18.7. The van der Waals surface area contributed by atoms with Gasteiger partial charge in [-0.1, -0.05) is 26.3 Å². The lowest BCUT2D eigenvalue weighted by molar-refractivity contribution is -0.131. The van der Waals surface area contributed by atoms with Gasteiger partial charge in [-0.15, -0.1) is 0 Å². The fourth-order valence-electron chi connectivity index (χ4n) is 2.68. The van der Waals surface area contributed by atoms with Crippen molar-refractivity contribution in [3.63, 3.8) is 0 Å². The Hall–Kier alpha value is -5.31. The summed E-state index contributed by atoms with van der Waals surface area (Å²) >= 11 is 0. The van der Waals surface area contributed by atoms with Crippen molar-refractivity contribution in [3.8, 4) is 23.0 Å². The fourth-order valence-corrected chi connectivity index (χ4v) is 2.68. The molecule has 0 aliphatic heterocycles. The normalized spacial score (nSPS) is 10.3. The Morgan fingerprint density at radius 3 is 1.45 bits per heavy atom.